The highest BCUT2D eigenvalue weighted by Gasteiger charge is 2.26. The second-order valence-corrected chi connectivity index (χ2v) is 5.58. The van der Waals surface area contributed by atoms with E-state index in [0.717, 1.165) is 12.3 Å². The van der Waals surface area contributed by atoms with E-state index >= 15 is 0 Å². The van der Waals surface area contributed by atoms with E-state index in [-0.39, 0.29) is 6.10 Å². The van der Waals surface area contributed by atoms with Gasteiger partial charge in [-0.2, -0.15) is 0 Å². The maximum atomic E-state index is 9.89. The predicted octanol–water partition coefficient (Wildman–Crippen LogP) is 2.46. The second-order valence-electron chi connectivity index (χ2n) is 5.58. The standard InChI is InChI=1S/C13H25NO/c1-10-6-8-11(9-7-10)14-12-4-2-3-5-13(12)15/h10-15H,2-9H2,1H3/t10?,11?,12-,13-/m1/s1. The van der Waals surface area contributed by atoms with E-state index in [0.29, 0.717) is 12.1 Å². The van der Waals surface area contributed by atoms with Crippen LogP contribution >= 0.6 is 0 Å². The zero-order chi connectivity index (χ0) is 10.7. The molecule has 0 aromatic carbocycles. The summed E-state index contributed by atoms with van der Waals surface area (Å²) in [5.41, 5.74) is 0. The molecule has 2 rings (SSSR count). The molecule has 0 aliphatic heterocycles. The molecule has 0 spiro atoms. The Morgan fingerprint density at radius 1 is 0.933 bits per heavy atom. The van der Waals surface area contributed by atoms with Crippen molar-refractivity contribution in [2.45, 2.75) is 76.5 Å². The average Bonchev–Trinajstić information content (AvgIpc) is 2.25. The Morgan fingerprint density at radius 3 is 2.27 bits per heavy atom. The molecule has 2 nitrogen and oxygen atoms in total. The Bertz CT molecular complexity index is 187. The van der Waals surface area contributed by atoms with Crippen LogP contribution in [0.15, 0.2) is 0 Å². The molecule has 0 heterocycles. The van der Waals surface area contributed by atoms with Crippen molar-refractivity contribution in [3.05, 3.63) is 0 Å². The third kappa shape index (κ3) is 3.18. The zero-order valence-electron chi connectivity index (χ0n) is 9.91. The van der Waals surface area contributed by atoms with Gasteiger partial charge in [0, 0.05) is 12.1 Å². The number of aliphatic hydroxyl groups excluding tert-OH is 1. The molecule has 15 heavy (non-hydrogen) atoms. The van der Waals surface area contributed by atoms with E-state index in [2.05, 4.69) is 12.2 Å². The number of hydrogen-bond donors (Lipinski definition) is 2. The number of aliphatic hydroxyl groups is 1. The third-order valence-electron chi connectivity index (χ3n) is 4.20. The van der Waals surface area contributed by atoms with E-state index < -0.39 is 0 Å². The molecular formula is C13H25NO. The van der Waals surface area contributed by atoms with Crippen LogP contribution in [-0.2, 0) is 0 Å². The highest BCUT2D eigenvalue weighted by Crippen LogP contribution is 2.26. The lowest BCUT2D eigenvalue weighted by molar-refractivity contribution is 0.0801. The van der Waals surface area contributed by atoms with Crippen LogP contribution in [0.1, 0.15) is 58.3 Å². The van der Waals surface area contributed by atoms with Crippen molar-refractivity contribution in [1.82, 2.24) is 5.32 Å². The molecule has 2 saturated carbocycles. The van der Waals surface area contributed by atoms with Crippen LogP contribution < -0.4 is 5.32 Å². The minimum Gasteiger partial charge on any atom is -0.392 e. The van der Waals surface area contributed by atoms with Crippen LogP contribution in [-0.4, -0.2) is 23.3 Å². The molecule has 0 aromatic rings. The van der Waals surface area contributed by atoms with Gasteiger partial charge in [0.1, 0.15) is 0 Å². The Hall–Kier alpha value is -0.0800. The molecule has 0 unspecified atom stereocenters. The van der Waals surface area contributed by atoms with Crippen molar-refractivity contribution in [3.8, 4) is 0 Å². The molecule has 2 atom stereocenters. The summed E-state index contributed by atoms with van der Waals surface area (Å²) in [5, 5.41) is 13.6. The van der Waals surface area contributed by atoms with Crippen molar-refractivity contribution in [2.24, 2.45) is 5.92 Å². The van der Waals surface area contributed by atoms with Crippen molar-refractivity contribution < 1.29 is 5.11 Å². The van der Waals surface area contributed by atoms with Crippen LogP contribution in [0.4, 0.5) is 0 Å². The molecule has 2 N–H and O–H groups in total. The van der Waals surface area contributed by atoms with Crippen molar-refractivity contribution in [1.29, 1.82) is 0 Å². The Balaban J connectivity index is 1.75. The molecule has 88 valence electrons. The van der Waals surface area contributed by atoms with Gasteiger partial charge < -0.3 is 10.4 Å². The summed E-state index contributed by atoms with van der Waals surface area (Å²) >= 11 is 0. The Kier molecular flexibility index (Phi) is 4.04. The van der Waals surface area contributed by atoms with Crippen molar-refractivity contribution in [3.63, 3.8) is 0 Å². The first kappa shape index (κ1) is 11.4. The first-order valence-electron chi connectivity index (χ1n) is 6.70. The summed E-state index contributed by atoms with van der Waals surface area (Å²) in [7, 11) is 0. The maximum absolute atomic E-state index is 9.89. The minimum absolute atomic E-state index is 0.0851. The highest BCUT2D eigenvalue weighted by molar-refractivity contribution is 4.85. The fourth-order valence-corrected chi connectivity index (χ4v) is 3.04. The van der Waals surface area contributed by atoms with Crippen LogP contribution in [0.25, 0.3) is 0 Å². The van der Waals surface area contributed by atoms with Crippen LogP contribution in [0.5, 0.6) is 0 Å². The topological polar surface area (TPSA) is 32.3 Å². The lowest BCUT2D eigenvalue weighted by Gasteiger charge is -2.35. The van der Waals surface area contributed by atoms with Crippen molar-refractivity contribution >= 4 is 0 Å². The Morgan fingerprint density at radius 2 is 1.60 bits per heavy atom. The molecule has 0 saturated heterocycles. The smallest absolute Gasteiger partial charge is 0.0693 e. The number of rotatable bonds is 2. The maximum Gasteiger partial charge on any atom is 0.0693 e. The molecule has 0 radical (unpaired) electrons. The number of nitrogens with one attached hydrogen (secondary N) is 1. The van der Waals surface area contributed by atoms with Gasteiger partial charge in [-0.1, -0.05) is 19.8 Å². The second kappa shape index (κ2) is 5.31. The van der Waals surface area contributed by atoms with Crippen molar-refractivity contribution in [2.75, 3.05) is 0 Å². The SMILES string of the molecule is CC1CCC(N[C@@H]2CCCC[C@H]2O)CC1. The van der Waals surface area contributed by atoms with Crippen LogP contribution in [0.2, 0.25) is 0 Å². The summed E-state index contributed by atoms with van der Waals surface area (Å²) in [5.74, 6) is 0.916. The van der Waals surface area contributed by atoms with E-state index in [1.165, 1.54) is 44.9 Å². The summed E-state index contributed by atoms with van der Waals surface area (Å²) in [6.07, 6.45) is 9.93. The van der Waals surface area contributed by atoms with Gasteiger partial charge in [-0.25, -0.2) is 0 Å². The average molecular weight is 211 g/mol. The zero-order valence-corrected chi connectivity index (χ0v) is 9.91. The predicted molar refractivity (Wildman–Crippen MR) is 62.8 cm³/mol. The molecular weight excluding hydrogens is 186 g/mol. The normalized spacial score (nSPS) is 42.8. The Labute approximate surface area is 93.5 Å². The van der Waals surface area contributed by atoms with Gasteiger partial charge in [0.05, 0.1) is 6.10 Å². The lowest BCUT2D eigenvalue weighted by Crippen LogP contribution is -2.48. The van der Waals surface area contributed by atoms with Gasteiger partial charge in [-0.3, -0.25) is 0 Å². The van der Waals surface area contributed by atoms with Crippen LogP contribution in [0.3, 0.4) is 0 Å². The van der Waals surface area contributed by atoms with Gasteiger partial charge in [0.25, 0.3) is 0 Å². The van der Waals surface area contributed by atoms with Gasteiger partial charge in [0.15, 0.2) is 0 Å². The van der Waals surface area contributed by atoms with Gasteiger partial charge in [-0.05, 0) is 44.4 Å². The van der Waals surface area contributed by atoms with Gasteiger partial charge in [-0.15, -0.1) is 0 Å². The first-order chi connectivity index (χ1) is 7.25. The van der Waals surface area contributed by atoms with Crippen LogP contribution in [0, 0.1) is 5.92 Å². The molecule has 2 aliphatic carbocycles. The van der Waals surface area contributed by atoms with E-state index in [1.54, 1.807) is 0 Å². The third-order valence-corrected chi connectivity index (χ3v) is 4.20. The molecule has 2 aliphatic rings. The summed E-state index contributed by atoms with van der Waals surface area (Å²) < 4.78 is 0. The molecule has 0 amide bonds. The van der Waals surface area contributed by atoms with E-state index in [1.807, 2.05) is 0 Å². The monoisotopic (exact) mass is 211 g/mol. The molecule has 2 heteroatoms. The fourth-order valence-electron chi connectivity index (χ4n) is 3.04. The van der Waals surface area contributed by atoms with Gasteiger partial charge in [0.2, 0.25) is 0 Å². The lowest BCUT2D eigenvalue weighted by atomic mass is 9.85. The fraction of sp³-hybridized carbons (Fsp3) is 1.00. The molecule has 2 fully saturated rings. The largest absolute Gasteiger partial charge is 0.392 e. The quantitative estimate of drug-likeness (QED) is 0.735. The van der Waals surface area contributed by atoms with E-state index in [9.17, 15) is 5.11 Å². The number of hydrogen-bond acceptors (Lipinski definition) is 2. The minimum atomic E-state index is -0.0851. The first-order valence-corrected chi connectivity index (χ1v) is 6.70. The highest BCUT2D eigenvalue weighted by atomic mass is 16.3. The molecule has 0 bridgehead atoms. The molecule has 0 aromatic heterocycles. The van der Waals surface area contributed by atoms with Gasteiger partial charge >= 0.3 is 0 Å². The summed E-state index contributed by atoms with van der Waals surface area (Å²) in [6, 6.07) is 1.07. The van der Waals surface area contributed by atoms with E-state index in [4.69, 9.17) is 0 Å². The summed E-state index contributed by atoms with van der Waals surface area (Å²) in [4.78, 5) is 0. The summed E-state index contributed by atoms with van der Waals surface area (Å²) in [6.45, 7) is 2.35.